The lowest BCUT2D eigenvalue weighted by molar-refractivity contribution is -0.137. The zero-order chi connectivity index (χ0) is 22.9. The van der Waals surface area contributed by atoms with Gasteiger partial charge in [-0.1, -0.05) is 39.0 Å². The minimum atomic E-state index is -0.281. The number of hydrogen-bond donors (Lipinski definition) is 0. The minimum Gasteiger partial charge on any atom is -0.342 e. The number of anilines is 1. The Morgan fingerprint density at radius 1 is 1.09 bits per heavy atom. The number of nitrogens with zero attached hydrogens (tertiary/aromatic N) is 4. The molecule has 0 radical (unpaired) electrons. The predicted molar refractivity (Wildman–Crippen MR) is 123 cm³/mol. The molecule has 7 nitrogen and oxygen atoms in total. The average molecular weight is 437 g/mol. The smallest absolute Gasteiger partial charge is 0.253 e. The van der Waals surface area contributed by atoms with E-state index in [1.807, 2.05) is 56.0 Å². The molecule has 3 heterocycles. The number of benzene rings is 1. The summed E-state index contributed by atoms with van der Waals surface area (Å²) >= 11 is 0. The molecule has 2 amide bonds. The highest BCUT2D eigenvalue weighted by Crippen LogP contribution is 2.28. The maximum Gasteiger partial charge on any atom is 0.253 e. The second-order valence-electron chi connectivity index (χ2n) is 10.0. The number of rotatable bonds is 4. The Balaban J connectivity index is 1.32. The summed E-state index contributed by atoms with van der Waals surface area (Å²) in [5.41, 5.74) is 1.48. The molecule has 1 aromatic heterocycles. The molecule has 1 unspecified atom stereocenters. The summed E-state index contributed by atoms with van der Waals surface area (Å²) in [6.07, 6.45) is 3.63. The van der Waals surface area contributed by atoms with Crippen molar-refractivity contribution in [3.8, 4) is 0 Å². The summed E-state index contributed by atoms with van der Waals surface area (Å²) in [5.74, 6) is 0.139. The van der Waals surface area contributed by atoms with Gasteiger partial charge in [-0.25, -0.2) is 4.98 Å². The van der Waals surface area contributed by atoms with Gasteiger partial charge in [0.15, 0.2) is 0 Å². The number of aromatic nitrogens is 2. The first-order chi connectivity index (χ1) is 15.2. The Bertz CT molecular complexity index is 1030. The van der Waals surface area contributed by atoms with E-state index >= 15 is 0 Å². The topological polar surface area (TPSA) is 75.5 Å². The second-order valence-corrected chi connectivity index (χ2v) is 10.0. The van der Waals surface area contributed by atoms with Crippen LogP contribution in [0.25, 0.3) is 0 Å². The first-order valence-electron chi connectivity index (χ1n) is 11.4. The van der Waals surface area contributed by atoms with Gasteiger partial charge in [0.25, 0.3) is 5.56 Å². The molecule has 0 bridgehead atoms. The van der Waals surface area contributed by atoms with Gasteiger partial charge in [-0.05, 0) is 30.9 Å². The number of carbonyl (C=O) groups excluding carboxylic acids is 2. The van der Waals surface area contributed by atoms with Crippen molar-refractivity contribution in [2.75, 3.05) is 24.5 Å². The Hall–Kier alpha value is -2.96. The number of piperidine rings is 1. The van der Waals surface area contributed by atoms with Crippen LogP contribution in [-0.2, 0) is 21.5 Å². The lowest BCUT2D eigenvalue weighted by Crippen LogP contribution is -2.43. The summed E-state index contributed by atoms with van der Waals surface area (Å²) in [6.45, 7) is 8.54. The van der Waals surface area contributed by atoms with Crippen LogP contribution in [0.2, 0.25) is 0 Å². The Kier molecular flexibility index (Phi) is 6.17. The molecule has 2 aromatic rings. The fourth-order valence-electron chi connectivity index (χ4n) is 4.58. The van der Waals surface area contributed by atoms with Gasteiger partial charge < -0.3 is 9.80 Å². The van der Waals surface area contributed by atoms with Crippen molar-refractivity contribution in [3.63, 3.8) is 0 Å². The quantitative estimate of drug-likeness (QED) is 0.739. The van der Waals surface area contributed by atoms with E-state index in [1.165, 1.54) is 0 Å². The van der Waals surface area contributed by atoms with E-state index in [4.69, 9.17) is 0 Å². The normalized spacial score (nSPS) is 20.1. The maximum absolute atomic E-state index is 13.1. The molecule has 0 aliphatic carbocycles. The third-order valence-electron chi connectivity index (χ3n) is 6.57. The molecule has 2 aliphatic heterocycles. The van der Waals surface area contributed by atoms with Gasteiger partial charge in [0, 0.05) is 49.8 Å². The zero-order valence-corrected chi connectivity index (χ0v) is 19.2. The molecule has 1 atom stereocenters. The molecule has 2 aliphatic rings. The van der Waals surface area contributed by atoms with Gasteiger partial charge in [-0.3, -0.25) is 19.0 Å². The molecule has 0 saturated carbocycles. The lowest BCUT2D eigenvalue weighted by atomic mass is 9.92. The van der Waals surface area contributed by atoms with Crippen molar-refractivity contribution in [1.29, 1.82) is 0 Å². The van der Waals surface area contributed by atoms with Crippen LogP contribution in [0, 0.1) is 11.8 Å². The molecular formula is C25H32N4O3. The third-order valence-corrected chi connectivity index (χ3v) is 6.57. The predicted octanol–water partition coefficient (Wildman–Crippen LogP) is 2.83. The fourth-order valence-corrected chi connectivity index (χ4v) is 4.58. The molecule has 2 fully saturated rings. The Labute approximate surface area is 189 Å². The maximum atomic E-state index is 13.1. The van der Waals surface area contributed by atoms with Crippen molar-refractivity contribution >= 4 is 17.5 Å². The van der Waals surface area contributed by atoms with Crippen molar-refractivity contribution in [2.45, 2.75) is 52.0 Å². The molecule has 7 heteroatoms. The summed E-state index contributed by atoms with van der Waals surface area (Å²) in [7, 11) is 0. The summed E-state index contributed by atoms with van der Waals surface area (Å²) in [4.78, 5) is 46.1. The van der Waals surface area contributed by atoms with Crippen LogP contribution in [-0.4, -0.2) is 45.9 Å². The number of hydrogen-bond acceptors (Lipinski definition) is 4. The number of carbonyl (C=O) groups is 2. The van der Waals surface area contributed by atoms with Crippen LogP contribution in [0.15, 0.2) is 47.5 Å². The van der Waals surface area contributed by atoms with Crippen molar-refractivity contribution in [3.05, 3.63) is 58.8 Å². The molecule has 170 valence electrons. The van der Waals surface area contributed by atoms with E-state index in [1.54, 1.807) is 21.9 Å². The van der Waals surface area contributed by atoms with Gasteiger partial charge in [0.2, 0.25) is 11.8 Å². The van der Waals surface area contributed by atoms with Crippen LogP contribution >= 0.6 is 0 Å². The van der Waals surface area contributed by atoms with E-state index in [-0.39, 0.29) is 35.1 Å². The Morgan fingerprint density at radius 2 is 1.78 bits per heavy atom. The van der Waals surface area contributed by atoms with Crippen LogP contribution in [0.5, 0.6) is 0 Å². The third kappa shape index (κ3) is 4.76. The van der Waals surface area contributed by atoms with E-state index < -0.39 is 0 Å². The van der Waals surface area contributed by atoms with Crippen molar-refractivity contribution < 1.29 is 9.59 Å². The molecule has 0 N–H and O–H groups in total. The molecule has 2 saturated heterocycles. The monoisotopic (exact) mass is 436 g/mol. The van der Waals surface area contributed by atoms with E-state index in [0.717, 1.165) is 24.2 Å². The minimum absolute atomic E-state index is 0.00927. The number of likely N-dealkylation sites (tertiary alicyclic amines) is 1. The van der Waals surface area contributed by atoms with Crippen LogP contribution in [0.3, 0.4) is 0 Å². The highest BCUT2D eigenvalue weighted by molar-refractivity contribution is 6.00. The molecule has 4 rings (SSSR count). The van der Waals surface area contributed by atoms with Crippen molar-refractivity contribution in [2.24, 2.45) is 11.8 Å². The van der Waals surface area contributed by atoms with Gasteiger partial charge in [-0.2, -0.15) is 0 Å². The highest BCUT2D eigenvalue weighted by Gasteiger charge is 2.38. The lowest BCUT2D eigenvalue weighted by Gasteiger charge is -2.33. The van der Waals surface area contributed by atoms with Crippen LogP contribution in [0.4, 0.5) is 5.69 Å². The number of amides is 2. The second kappa shape index (κ2) is 8.88. The summed E-state index contributed by atoms with van der Waals surface area (Å²) in [5, 5.41) is 0. The van der Waals surface area contributed by atoms with Crippen LogP contribution < -0.4 is 10.5 Å². The fraction of sp³-hybridized carbons (Fsp3) is 0.520. The van der Waals surface area contributed by atoms with Gasteiger partial charge in [0.1, 0.15) is 0 Å². The summed E-state index contributed by atoms with van der Waals surface area (Å²) in [6, 6.07) is 11.2. The van der Waals surface area contributed by atoms with Gasteiger partial charge in [-0.15, -0.1) is 0 Å². The summed E-state index contributed by atoms with van der Waals surface area (Å²) < 4.78 is 1.69. The first-order valence-corrected chi connectivity index (χ1v) is 11.4. The highest BCUT2D eigenvalue weighted by atomic mass is 16.2. The zero-order valence-electron chi connectivity index (χ0n) is 19.2. The molecule has 32 heavy (non-hydrogen) atoms. The van der Waals surface area contributed by atoms with Crippen molar-refractivity contribution in [1.82, 2.24) is 14.5 Å². The Morgan fingerprint density at radius 3 is 2.41 bits per heavy atom. The standard InChI is InChI=1S/C25H32N4O3/c1-25(2,3)21-14-22(30)28(17-26-21)15-18-9-11-27(12-10-18)24(32)19-13-23(31)29(16-19)20-7-5-4-6-8-20/h4-8,14,17-19H,9-13,15-16H2,1-3H3. The number of para-hydroxylation sites is 1. The largest absolute Gasteiger partial charge is 0.342 e. The van der Waals surface area contributed by atoms with Crippen LogP contribution in [0.1, 0.15) is 45.7 Å². The average Bonchev–Trinajstić information content (AvgIpc) is 3.16. The van der Waals surface area contributed by atoms with Gasteiger partial charge in [0.05, 0.1) is 17.9 Å². The van der Waals surface area contributed by atoms with E-state index in [9.17, 15) is 14.4 Å². The molecule has 0 spiro atoms. The molecular weight excluding hydrogens is 404 g/mol. The van der Waals surface area contributed by atoms with E-state index in [2.05, 4.69) is 4.98 Å². The molecule has 1 aromatic carbocycles. The first kappa shape index (κ1) is 22.2. The van der Waals surface area contributed by atoms with E-state index in [0.29, 0.717) is 32.1 Å². The van der Waals surface area contributed by atoms with Gasteiger partial charge >= 0.3 is 0 Å². The SMILES string of the molecule is CC(C)(C)c1cc(=O)n(CC2CCN(C(=O)C3CC(=O)N(c4ccccc4)C3)CC2)cn1.